The molecule has 1 saturated carbocycles. The van der Waals surface area contributed by atoms with Crippen molar-refractivity contribution < 1.29 is 18.0 Å². The molecule has 0 heterocycles. The standard InChI is InChI=1S/C16H16F3N3O/c17-16(18,19)13-7-3-4-8-14(13)22-15(23)11(9-20)10-21-12-5-1-2-6-12/h3-4,7-8,10,12,21H,1-2,5-6H2,(H,22,23)/b11-10-. The van der Waals surface area contributed by atoms with Gasteiger partial charge in [-0.05, 0) is 25.0 Å². The smallest absolute Gasteiger partial charge is 0.387 e. The van der Waals surface area contributed by atoms with Crippen LogP contribution in [0.4, 0.5) is 18.9 Å². The van der Waals surface area contributed by atoms with Crippen LogP contribution in [0, 0.1) is 11.3 Å². The molecule has 1 aromatic rings. The minimum atomic E-state index is -4.58. The molecule has 0 bridgehead atoms. The number of rotatable bonds is 4. The topological polar surface area (TPSA) is 64.9 Å². The van der Waals surface area contributed by atoms with Crippen LogP contribution in [-0.4, -0.2) is 11.9 Å². The van der Waals surface area contributed by atoms with Gasteiger partial charge in [-0.25, -0.2) is 0 Å². The van der Waals surface area contributed by atoms with E-state index in [1.165, 1.54) is 18.3 Å². The Bertz CT molecular complexity index is 641. The lowest BCUT2D eigenvalue weighted by Gasteiger charge is -2.13. The van der Waals surface area contributed by atoms with E-state index in [2.05, 4.69) is 10.6 Å². The van der Waals surface area contributed by atoms with E-state index in [1.807, 2.05) is 0 Å². The minimum absolute atomic E-state index is 0.202. The van der Waals surface area contributed by atoms with E-state index in [0.717, 1.165) is 37.8 Å². The first-order chi connectivity index (χ1) is 10.9. The van der Waals surface area contributed by atoms with Crippen molar-refractivity contribution in [3.8, 4) is 6.07 Å². The van der Waals surface area contributed by atoms with Gasteiger partial charge < -0.3 is 10.6 Å². The fourth-order valence-corrected chi connectivity index (χ4v) is 2.47. The Morgan fingerprint density at radius 1 is 1.26 bits per heavy atom. The molecule has 1 aromatic carbocycles. The molecule has 1 aliphatic carbocycles. The van der Waals surface area contributed by atoms with Crippen LogP contribution in [0.15, 0.2) is 36.0 Å². The molecule has 2 rings (SSSR count). The van der Waals surface area contributed by atoms with Crippen molar-refractivity contribution in [3.05, 3.63) is 41.6 Å². The molecule has 0 spiro atoms. The SMILES string of the molecule is N#C/C(=C/NC1CCCC1)C(=O)Nc1ccccc1C(F)(F)F. The molecular formula is C16H16F3N3O. The number of carbonyl (C=O) groups excluding carboxylic acids is 1. The number of nitrogens with one attached hydrogen (secondary N) is 2. The van der Waals surface area contributed by atoms with Gasteiger partial charge in [0, 0.05) is 12.2 Å². The molecule has 0 atom stereocenters. The Morgan fingerprint density at radius 3 is 2.52 bits per heavy atom. The zero-order valence-corrected chi connectivity index (χ0v) is 12.3. The van der Waals surface area contributed by atoms with Crippen molar-refractivity contribution in [2.24, 2.45) is 0 Å². The number of carbonyl (C=O) groups is 1. The molecule has 0 aliphatic heterocycles. The molecule has 7 heteroatoms. The highest BCUT2D eigenvalue weighted by Crippen LogP contribution is 2.34. The van der Waals surface area contributed by atoms with Gasteiger partial charge in [-0.1, -0.05) is 25.0 Å². The molecule has 0 aromatic heterocycles. The number of benzene rings is 1. The van der Waals surface area contributed by atoms with E-state index in [1.54, 1.807) is 6.07 Å². The van der Waals surface area contributed by atoms with Crippen LogP contribution < -0.4 is 10.6 Å². The van der Waals surface area contributed by atoms with Crippen LogP contribution in [0.5, 0.6) is 0 Å². The molecule has 23 heavy (non-hydrogen) atoms. The molecule has 122 valence electrons. The van der Waals surface area contributed by atoms with Gasteiger partial charge in [-0.3, -0.25) is 4.79 Å². The first-order valence-electron chi connectivity index (χ1n) is 7.25. The zero-order chi connectivity index (χ0) is 16.9. The predicted molar refractivity (Wildman–Crippen MR) is 79.2 cm³/mol. The maximum Gasteiger partial charge on any atom is 0.418 e. The average molecular weight is 323 g/mol. The van der Waals surface area contributed by atoms with Crippen molar-refractivity contribution in [2.75, 3.05) is 5.32 Å². The third-order valence-corrected chi connectivity index (χ3v) is 3.66. The summed E-state index contributed by atoms with van der Waals surface area (Å²) in [7, 11) is 0. The van der Waals surface area contributed by atoms with Gasteiger partial charge in [-0.15, -0.1) is 0 Å². The van der Waals surface area contributed by atoms with Crippen LogP contribution in [0.2, 0.25) is 0 Å². The lowest BCUT2D eigenvalue weighted by molar-refractivity contribution is -0.137. The van der Waals surface area contributed by atoms with Gasteiger partial charge in [0.25, 0.3) is 5.91 Å². The lowest BCUT2D eigenvalue weighted by atomic mass is 10.1. The molecular weight excluding hydrogens is 307 g/mol. The van der Waals surface area contributed by atoms with Crippen LogP contribution in [-0.2, 0) is 11.0 Å². The summed E-state index contributed by atoms with van der Waals surface area (Å²) in [6.07, 6.45) is 0.766. The monoisotopic (exact) mass is 323 g/mol. The maximum atomic E-state index is 12.9. The average Bonchev–Trinajstić information content (AvgIpc) is 3.00. The summed E-state index contributed by atoms with van der Waals surface area (Å²) in [4.78, 5) is 12.0. The van der Waals surface area contributed by atoms with Crippen molar-refractivity contribution in [1.82, 2.24) is 5.32 Å². The van der Waals surface area contributed by atoms with Gasteiger partial charge in [0.05, 0.1) is 11.3 Å². The molecule has 1 fully saturated rings. The van der Waals surface area contributed by atoms with Gasteiger partial charge in [-0.2, -0.15) is 18.4 Å². The number of halogens is 3. The van der Waals surface area contributed by atoms with Crippen molar-refractivity contribution in [2.45, 2.75) is 37.9 Å². The summed E-state index contributed by atoms with van der Waals surface area (Å²) in [5.41, 5.74) is -1.57. The summed E-state index contributed by atoms with van der Waals surface area (Å²) in [6.45, 7) is 0. The zero-order valence-electron chi connectivity index (χ0n) is 12.3. The molecule has 0 unspecified atom stereocenters. The molecule has 1 aliphatic rings. The molecule has 4 nitrogen and oxygen atoms in total. The third kappa shape index (κ3) is 4.49. The predicted octanol–water partition coefficient (Wildman–Crippen LogP) is 3.58. The normalized spacial score (nSPS) is 16.0. The Kier molecular flexibility index (Phi) is 5.27. The maximum absolute atomic E-state index is 12.9. The largest absolute Gasteiger partial charge is 0.418 e. The van der Waals surface area contributed by atoms with Crippen LogP contribution in [0.25, 0.3) is 0 Å². The minimum Gasteiger partial charge on any atom is -0.387 e. The number of para-hydroxylation sites is 1. The number of hydrogen-bond donors (Lipinski definition) is 2. The van der Waals surface area contributed by atoms with Gasteiger partial charge in [0.1, 0.15) is 11.6 Å². The second-order valence-electron chi connectivity index (χ2n) is 5.32. The van der Waals surface area contributed by atoms with Gasteiger partial charge in [0.15, 0.2) is 0 Å². The second-order valence-corrected chi connectivity index (χ2v) is 5.32. The number of nitrogens with zero attached hydrogens (tertiary/aromatic N) is 1. The number of anilines is 1. The van der Waals surface area contributed by atoms with Crippen LogP contribution in [0.1, 0.15) is 31.2 Å². The Hall–Kier alpha value is -2.49. The Balaban J connectivity index is 2.11. The molecule has 0 saturated heterocycles. The molecule has 2 N–H and O–H groups in total. The highest BCUT2D eigenvalue weighted by Gasteiger charge is 2.33. The highest BCUT2D eigenvalue weighted by atomic mass is 19.4. The summed E-state index contributed by atoms with van der Waals surface area (Å²) >= 11 is 0. The summed E-state index contributed by atoms with van der Waals surface area (Å²) in [5, 5.41) is 14.2. The number of alkyl halides is 3. The van der Waals surface area contributed by atoms with E-state index >= 15 is 0 Å². The first kappa shape index (κ1) is 16.9. The number of nitriles is 1. The van der Waals surface area contributed by atoms with E-state index in [9.17, 15) is 18.0 Å². The van der Waals surface area contributed by atoms with Crippen LogP contribution >= 0.6 is 0 Å². The first-order valence-corrected chi connectivity index (χ1v) is 7.25. The summed E-state index contributed by atoms with van der Waals surface area (Å²) in [5.74, 6) is -0.866. The van der Waals surface area contributed by atoms with Crippen molar-refractivity contribution in [1.29, 1.82) is 5.26 Å². The van der Waals surface area contributed by atoms with E-state index in [4.69, 9.17) is 5.26 Å². The van der Waals surface area contributed by atoms with Gasteiger partial charge >= 0.3 is 6.18 Å². The van der Waals surface area contributed by atoms with E-state index < -0.39 is 17.6 Å². The fraction of sp³-hybridized carbons (Fsp3) is 0.375. The molecule has 1 amide bonds. The summed E-state index contributed by atoms with van der Waals surface area (Å²) < 4.78 is 38.7. The summed E-state index contributed by atoms with van der Waals surface area (Å²) in [6, 6.07) is 6.57. The van der Waals surface area contributed by atoms with Gasteiger partial charge in [0.2, 0.25) is 0 Å². The highest BCUT2D eigenvalue weighted by molar-refractivity contribution is 6.06. The van der Waals surface area contributed by atoms with Crippen LogP contribution in [0.3, 0.4) is 0 Å². The lowest BCUT2D eigenvalue weighted by Crippen LogP contribution is -2.23. The van der Waals surface area contributed by atoms with E-state index in [0.29, 0.717) is 0 Å². The van der Waals surface area contributed by atoms with Crippen molar-refractivity contribution in [3.63, 3.8) is 0 Å². The second kappa shape index (κ2) is 7.18. The Labute approximate surface area is 132 Å². The van der Waals surface area contributed by atoms with E-state index in [-0.39, 0.29) is 17.3 Å². The number of amides is 1. The fourth-order valence-electron chi connectivity index (χ4n) is 2.47. The molecule has 0 radical (unpaired) electrons. The van der Waals surface area contributed by atoms with Crippen molar-refractivity contribution >= 4 is 11.6 Å². The third-order valence-electron chi connectivity index (χ3n) is 3.66. The Morgan fingerprint density at radius 2 is 1.91 bits per heavy atom. The number of hydrogen-bond acceptors (Lipinski definition) is 3. The quantitative estimate of drug-likeness (QED) is 0.657.